The molecule has 0 unspecified atom stereocenters. The third-order valence-electron chi connectivity index (χ3n) is 5.89. The lowest BCUT2D eigenvalue weighted by molar-refractivity contribution is -0.120. The van der Waals surface area contributed by atoms with Gasteiger partial charge in [0.05, 0.1) is 43.2 Å². The molecule has 2 aliphatic heterocycles. The molecule has 2 saturated heterocycles. The number of anilines is 1. The zero-order valence-corrected chi connectivity index (χ0v) is 17.5. The highest BCUT2D eigenvalue weighted by atomic mass is 16.5. The number of piperidine rings is 1. The van der Waals surface area contributed by atoms with Gasteiger partial charge < -0.3 is 20.1 Å². The maximum Gasteiger partial charge on any atom is 0.159 e. The van der Waals surface area contributed by atoms with Gasteiger partial charge in [0.2, 0.25) is 0 Å². The Bertz CT molecular complexity index is 1020. The van der Waals surface area contributed by atoms with Gasteiger partial charge in [-0.1, -0.05) is 6.92 Å². The molecular formula is C22H28N6O2. The molecule has 2 N–H and O–H groups in total. The van der Waals surface area contributed by atoms with Crippen LogP contribution in [0.15, 0.2) is 36.9 Å². The molecule has 8 heteroatoms. The van der Waals surface area contributed by atoms with Crippen LogP contribution in [0.25, 0.3) is 16.9 Å². The van der Waals surface area contributed by atoms with Gasteiger partial charge in [0.1, 0.15) is 17.9 Å². The average Bonchev–Trinajstić information content (AvgIpc) is 3.16. The first kappa shape index (κ1) is 19.3. The van der Waals surface area contributed by atoms with Crippen LogP contribution in [-0.2, 0) is 4.74 Å². The van der Waals surface area contributed by atoms with Gasteiger partial charge in [0, 0.05) is 30.1 Å². The third kappa shape index (κ3) is 3.97. The number of hydrogen-bond donors (Lipinski definition) is 2. The second kappa shape index (κ2) is 7.85. The fraction of sp³-hybridized carbons (Fsp3) is 0.500. The first-order valence-electron chi connectivity index (χ1n) is 10.6. The van der Waals surface area contributed by atoms with E-state index in [1.807, 2.05) is 22.8 Å². The molecule has 0 aliphatic carbocycles. The number of rotatable bonds is 6. The second-order valence-electron chi connectivity index (χ2n) is 8.85. The fourth-order valence-electron chi connectivity index (χ4n) is 3.93. The van der Waals surface area contributed by atoms with Crippen LogP contribution >= 0.6 is 0 Å². The smallest absolute Gasteiger partial charge is 0.159 e. The van der Waals surface area contributed by atoms with Crippen LogP contribution < -0.4 is 15.4 Å². The van der Waals surface area contributed by atoms with Crippen molar-refractivity contribution in [2.24, 2.45) is 5.41 Å². The topological polar surface area (TPSA) is 86.1 Å². The molecule has 1 aromatic carbocycles. The number of benzene rings is 1. The summed E-state index contributed by atoms with van der Waals surface area (Å²) in [7, 11) is 0. The summed E-state index contributed by atoms with van der Waals surface area (Å²) in [5.41, 5.74) is 1.96. The van der Waals surface area contributed by atoms with E-state index in [0.29, 0.717) is 18.7 Å². The normalized spacial score (nSPS) is 23.1. The molecule has 2 aromatic heterocycles. The largest absolute Gasteiger partial charge is 0.493 e. The van der Waals surface area contributed by atoms with Gasteiger partial charge in [0.15, 0.2) is 5.82 Å². The quantitative estimate of drug-likeness (QED) is 0.649. The van der Waals surface area contributed by atoms with Crippen molar-refractivity contribution in [1.29, 1.82) is 0 Å². The summed E-state index contributed by atoms with van der Waals surface area (Å²) in [4.78, 5) is 13.7. The molecule has 0 saturated carbocycles. The standard InChI is InChI=1S/C22H28N6O2/c1-15-3-4-16(8-24-15)26-20-9-23-10-21(27-20)28-14-25-18-7-17(5-6-19(18)28)30-13-22(2)11-29-12-22/h5-7,9-10,14-16,24H,3-4,8,11-13H2,1-2H3,(H,26,27)/t15-,16-/m1/s1. The minimum Gasteiger partial charge on any atom is -0.493 e. The van der Waals surface area contributed by atoms with Crippen LogP contribution in [0.3, 0.4) is 0 Å². The van der Waals surface area contributed by atoms with E-state index in [1.165, 1.54) is 0 Å². The van der Waals surface area contributed by atoms with Crippen molar-refractivity contribution in [1.82, 2.24) is 24.8 Å². The summed E-state index contributed by atoms with van der Waals surface area (Å²) in [5, 5.41) is 7.01. The van der Waals surface area contributed by atoms with Crippen molar-refractivity contribution in [2.45, 2.75) is 38.8 Å². The highest BCUT2D eigenvalue weighted by molar-refractivity contribution is 5.78. The Morgan fingerprint density at radius 3 is 2.97 bits per heavy atom. The lowest BCUT2D eigenvalue weighted by Gasteiger charge is -2.37. The summed E-state index contributed by atoms with van der Waals surface area (Å²) in [5.74, 6) is 2.35. The number of nitrogens with zero attached hydrogens (tertiary/aromatic N) is 4. The lowest BCUT2D eigenvalue weighted by Crippen LogP contribution is -2.44. The molecule has 2 fully saturated rings. The summed E-state index contributed by atoms with van der Waals surface area (Å²) in [6.07, 6.45) is 7.61. The number of ether oxygens (including phenoxy) is 2. The Morgan fingerprint density at radius 2 is 2.20 bits per heavy atom. The van der Waals surface area contributed by atoms with E-state index in [1.54, 1.807) is 18.7 Å². The molecule has 3 aromatic rings. The second-order valence-corrected chi connectivity index (χ2v) is 8.85. The van der Waals surface area contributed by atoms with E-state index in [0.717, 1.165) is 61.0 Å². The first-order valence-corrected chi connectivity index (χ1v) is 10.6. The van der Waals surface area contributed by atoms with Crippen LogP contribution in [0.4, 0.5) is 5.82 Å². The van der Waals surface area contributed by atoms with E-state index in [4.69, 9.17) is 14.5 Å². The van der Waals surface area contributed by atoms with Crippen LogP contribution in [0.2, 0.25) is 0 Å². The molecule has 2 aliphatic rings. The van der Waals surface area contributed by atoms with E-state index in [2.05, 4.69) is 34.4 Å². The van der Waals surface area contributed by atoms with E-state index in [9.17, 15) is 0 Å². The summed E-state index contributed by atoms with van der Waals surface area (Å²) in [6, 6.07) is 6.92. The van der Waals surface area contributed by atoms with Crippen LogP contribution in [-0.4, -0.2) is 58.0 Å². The van der Waals surface area contributed by atoms with Crippen LogP contribution in [0.5, 0.6) is 5.75 Å². The van der Waals surface area contributed by atoms with Crippen molar-refractivity contribution < 1.29 is 9.47 Å². The summed E-state index contributed by atoms with van der Waals surface area (Å²) >= 11 is 0. The minimum atomic E-state index is 0.114. The monoisotopic (exact) mass is 408 g/mol. The molecular weight excluding hydrogens is 380 g/mol. The Labute approximate surface area is 176 Å². The molecule has 0 radical (unpaired) electrons. The van der Waals surface area contributed by atoms with Gasteiger partial charge in [-0.05, 0) is 31.9 Å². The van der Waals surface area contributed by atoms with Gasteiger partial charge in [-0.15, -0.1) is 0 Å². The van der Waals surface area contributed by atoms with Crippen molar-refractivity contribution in [3.05, 3.63) is 36.9 Å². The molecule has 0 spiro atoms. The fourth-order valence-corrected chi connectivity index (χ4v) is 3.93. The highest BCUT2D eigenvalue weighted by Gasteiger charge is 2.34. The molecule has 4 heterocycles. The van der Waals surface area contributed by atoms with Gasteiger partial charge in [-0.3, -0.25) is 9.55 Å². The van der Waals surface area contributed by atoms with Gasteiger partial charge >= 0.3 is 0 Å². The number of aromatic nitrogens is 4. The van der Waals surface area contributed by atoms with Crippen LogP contribution in [0.1, 0.15) is 26.7 Å². The Balaban J connectivity index is 1.32. The van der Waals surface area contributed by atoms with Gasteiger partial charge in [-0.2, -0.15) is 0 Å². The zero-order valence-electron chi connectivity index (χ0n) is 17.5. The van der Waals surface area contributed by atoms with Crippen molar-refractivity contribution in [2.75, 3.05) is 31.7 Å². The zero-order chi connectivity index (χ0) is 20.6. The Hall–Kier alpha value is -2.71. The highest BCUT2D eigenvalue weighted by Crippen LogP contribution is 2.29. The van der Waals surface area contributed by atoms with E-state index < -0.39 is 0 Å². The van der Waals surface area contributed by atoms with Crippen molar-refractivity contribution >= 4 is 16.9 Å². The van der Waals surface area contributed by atoms with E-state index in [-0.39, 0.29) is 5.41 Å². The Kier molecular flexibility index (Phi) is 5.04. The molecule has 30 heavy (non-hydrogen) atoms. The third-order valence-corrected chi connectivity index (χ3v) is 5.89. The predicted molar refractivity (Wildman–Crippen MR) is 115 cm³/mol. The molecule has 8 nitrogen and oxygen atoms in total. The van der Waals surface area contributed by atoms with Crippen molar-refractivity contribution in [3.8, 4) is 11.6 Å². The summed E-state index contributed by atoms with van der Waals surface area (Å²) in [6.45, 7) is 7.49. The number of fused-ring (bicyclic) bond motifs is 1. The predicted octanol–water partition coefficient (Wildman–Crippen LogP) is 2.78. The number of hydrogen-bond acceptors (Lipinski definition) is 7. The number of nitrogens with one attached hydrogen (secondary N) is 2. The molecule has 5 rings (SSSR count). The van der Waals surface area contributed by atoms with E-state index >= 15 is 0 Å². The first-order chi connectivity index (χ1) is 14.6. The average molecular weight is 409 g/mol. The molecule has 0 bridgehead atoms. The number of imidazole rings is 1. The maximum atomic E-state index is 5.97. The van der Waals surface area contributed by atoms with Crippen LogP contribution in [0, 0.1) is 5.41 Å². The minimum absolute atomic E-state index is 0.114. The SMILES string of the molecule is C[C@@H]1CC[C@@H](Nc2cncc(-n3cnc4cc(OCC5(C)COC5)ccc43)n2)CN1. The molecule has 0 amide bonds. The maximum absolute atomic E-state index is 5.97. The summed E-state index contributed by atoms with van der Waals surface area (Å²) < 4.78 is 13.2. The molecule has 158 valence electrons. The lowest BCUT2D eigenvalue weighted by atomic mass is 9.90. The Morgan fingerprint density at radius 1 is 1.30 bits per heavy atom. The van der Waals surface area contributed by atoms with Crippen molar-refractivity contribution in [3.63, 3.8) is 0 Å². The van der Waals surface area contributed by atoms with Gasteiger partial charge in [-0.25, -0.2) is 9.97 Å². The molecule has 2 atom stereocenters. The van der Waals surface area contributed by atoms with Gasteiger partial charge in [0.25, 0.3) is 0 Å².